The monoisotopic (exact) mass is 298 g/mol. The molecule has 5 heteroatoms. The molecule has 4 nitrogen and oxygen atoms in total. The Morgan fingerprint density at radius 1 is 1.53 bits per heavy atom. The number of nitrogens with zero attached hydrogens (tertiary/aromatic N) is 2. The summed E-state index contributed by atoms with van der Waals surface area (Å²) in [6.07, 6.45) is 5.49. The fraction of sp³-hybridized carbons (Fsp3) is 0.583. The summed E-state index contributed by atoms with van der Waals surface area (Å²) in [6.45, 7) is 0.926. The Hall–Kier alpha value is -0.810. The highest BCUT2D eigenvalue weighted by atomic mass is 79.9. The molecule has 1 heterocycles. The van der Waals surface area contributed by atoms with Crippen LogP contribution in [-0.2, 0) is 0 Å². The second-order valence-electron chi connectivity index (χ2n) is 4.92. The summed E-state index contributed by atoms with van der Waals surface area (Å²) in [6, 6.07) is 1.87. The number of nitrogens with one attached hydrogen (secondary N) is 1. The van der Waals surface area contributed by atoms with Crippen LogP contribution < -0.4 is 11.1 Å². The van der Waals surface area contributed by atoms with Crippen molar-refractivity contribution >= 4 is 27.4 Å². The van der Waals surface area contributed by atoms with Crippen LogP contribution in [0.15, 0.2) is 16.7 Å². The fourth-order valence-corrected chi connectivity index (χ4v) is 2.70. The molecule has 1 aliphatic rings. The molecule has 1 fully saturated rings. The topological polar surface area (TPSA) is 54.2 Å². The van der Waals surface area contributed by atoms with Gasteiger partial charge in [0.15, 0.2) is 0 Å². The summed E-state index contributed by atoms with van der Waals surface area (Å²) in [4.78, 5) is 6.61. The first-order valence-corrected chi connectivity index (χ1v) is 6.65. The van der Waals surface area contributed by atoms with Gasteiger partial charge in [-0.3, -0.25) is 0 Å². The maximum Gasteiger partial charge on any atom is 0.140 e. The molecule has 1 aromatic rings. The number of aromatic nitrogens is 1. The van der Waals surface area contributed by atoms with E-state index in [1.165, 1.54) is 19.3 Å². The van der Waals surface area contributed by atoms with Gasteiger partial charge in [0.1, 0.15) is 5.82 Å². The normalized spacial score (nSPS) is 17.9. The van der Waals surface area contributed by atoms with Crippen molar-refractivity contribution in [3.05, 3.63) is 16.7 Å². The summed E-state index contributed by atoms with van der Waals surface area (Å²) >= 11 is 3.47. The van der Waals surface area contributed by atoms with Crippen molar-refractivity contribution in [1.82, 2.24) is 9.88 Å². The standard InChI is InChI=1S/C12H19BrN4/c1-17(2)12(4-3-5-12)8-16-11-10(13)6-9(14)7-15-11/h6-7H,3-5,8,14H2,1-2H3,(H,15,16). The predicted molar refractivity (Wildman–Crippen MR) is 75.1 cm³/mol. The van der Waals surface area contributed by atoms with Gasteiger partial charge in [0, 0.05) is 12.1 Å². The van der Waals surface area contributed by atoms with Crippen LogP contribution in [0.25, 0.3) is 0 Å². The molecule has 1 aromatic heterocycles. The van der Waals surface area contributed by atoms with Crippen molar-refractivity contribution in [2.75, 3.05) is 31.7 Å². The van der Waals surface area contributed by atoms with Crippen molar-refractivity contribution in [3.8, 4) is 0 Å². The number of nitrogens with two attached hydrogens (primary N) is 1. The number of nitrogen functional groups attached to an aromatic ring is 1. The summed E-state index contributed by atoms with van der Waals surface area (Å²) in [5, 5.41) is 3.41. The third-order valence-corrected chi connectivity index (χ3v) is 4.28. The van der Waals surface area contributed by atoms with Crippen LogP contribution in [-0.4, -0.2) is 36.1 Å². The van der Waals surface area contributed by atoms with E-state index in [4.69, 9.17) is 5.73 Å². The highest BCUT2D eigenvalue weighted by Crippen LogP contribution is 2.36. The molecule has 1 aliphatic carbocycles. The molecular weight excluding hydrogens is 280 g/mol. The molecule has 0 amide bonds. The number of halogens is 1. The van der Waals surface area contributed by atoms with Gasteiger partial charge >= 0.3 is 0 Å². The van der Waals surface area contributed by atoms with Crippen LogP contribution in [0.1, 0.15) is 19.3 Å². The minimum absolute atomic E-state index is 0.294. The van der Waals surface area contributed by atoms with Crippen LogP contribution in [0.4, 0.5) is 11.5 Å². The molecule has 0 spiro atoms. The van der Waals surface area contributed by atoms with E-state index < -0.39 is 0 Å². The summed E-state index contributed by atoms with van der Waals surface area (Å²) in [5.74, 6) is 0.868. The molecule has 0 bridgehead atoms. The molecule has 17 heavy (non-hydrogen) atoms. The fourth-order valence-electron chi connectivity index (χ4n) is 2.20. The van der Waals surface area contributed by atoms with Crippen molar-refractivity contribution < 1.29 is 0 Å². The van der Waals surface area contributed by atoms with Crippen molar-refractivity contribution in [1.29, 1.82) is 0 Å². The number of hydrogen-bond acceptors (Lipinski definition) is 4. The number of rotatable bonds is 4. The second-order valence-corrected chi connectivity index (χ2v) is 5.78. The molecular formula is C12H19BrN4. The Balaban J connectivity index is 2.02. The summed E-state index contributed by atoms with van der Waals surface area (Å²) in [7, 11) is 4.29. The lowest BCUT2D eigenvalue weighted by molar-refractivity contribution is 0.0738. The SMILES string of the molecule is CN(C)C1(CNc2ncc(N)cc2Br)CCC1. The number of likely N-dealkylation sites (N-methyl/N-ethyl adjacent to an activating group) is 1. The average molecular weight is 299 g/mol. The Kier molecular flexibility index (Phi) is 3.58. The largest absolute Gasteiger partial charge is 0.397 e. The Morgan fingerprint density at radius 3 is 2.71 bits per heavy atom. The number of anilines is 2. The van der Waals surface area contributed by atoms with Gasteiger partial charge in [-0.15, -0.1) is 0 Å². The number of hydrogen-bond donors (Lipinski definition) is 2. The van der Waals surface area contributed by atoms with Crippen molar-refractivity contribution in [3.63, 3.8) is 0 Å². The molecule has 0 aliphatic heterocycles. The van der Waals surface area contributed by atoms with Crippen LogP contribution in [0.5, 0.6) is 0 Å². The smallest absolute Gasteiger partial charge is 0.140 e. The lowest BCUT2D eigenvalue weighted by Gasteiger charge is -2.47. The van der Waals surface area contributed by atoms with E-state index in [2.05, 4.69) is 45.2 Å². The molecule has 0 aromatic carbocycles. The van der Waals surface area contributed by atoms with Crippen molar-refractivity contribution in [2.24, 2.45) is 0 Å². The van der Waals surface area contributed by atoms with E-state index in [9.17, 15) is 0 Å². The molecule has 0 unspecified atom stereocenters. The highest BCUT2D eigenvalue weighted by molar-refractivity contribution is 9.10. The maximum atomic E-state index is 5.67. The lowest BCUT2D eigenvalue weighted by atomic mass is 9.75. The van der Waals surface area contributed by atoms with E-state index in [-0.39, 0.29) is 0 Å². The van der Waals surface area contributed by atoms with Gasteiger partial charge in [-0.05, 0) is 55.4 Å². The minimum atomic E-state index is 0.294. The minimum Gasteiger partial charge on any atom is -0.397 e. The Bertz CT molecular complexity index is 401. The van der Waals surface area contributed by atoms with Gasteiger partial charge in [-0.1, -0.05) is 0 Å². The molecule has 0 saturated heterocycles. The molecule has 0 atom stereocenters. The first kappa shape index (κ1) is 12.6. The van der Waals surface area contributed by atoms with E-state index in [1.54, 1.807) is 6.20 Å². The summed E-state index contributed by atoms with van der Waals surface area (Å²) < 4.78 is 0.922. The summed E-state index contributed by atoms with van der Waals surface area (Å²) in [5.41, 5.74) is 6.64. The average Bonchev–Trinajstić information content (AvgIpc) is 2.18. The zero-order valence-electron chi connectivity index (χ0n) is 10.3. The van der Waals surface area contributed by atoms with Gasteiger partial charge in [0.2, 0.25) is 0 Å². The zero-order chi connectivity index (χ0) is 12.5. The highest BCUT2D eigenvalue weighted by Gasteiger charge is 2.38. The first-order chi connectivity index (χ1) is 8.03. The lowest BCUT2D eigenvalue weighted by Crippen LogP contribution is -2.54. The first-order valence-electron chi connectivity index (χ1n) is 5.86. The second kappa shape index (κ2) is 4.82. The van der Waals surface area contributed by atoms with Gasteiger partial charge in [-0.2, -0.15) is 0 Å². The van der Waals surface area contributed by atoms with E-state index in [0.29, 0.717) is 11.2 Å². The van der Waals surface area contributed by atoms with E-state index in [0.717, 1.165) is 16.8 Å². The zero-order valence-corrected chi connectivity index (χ0v) is 11.9. The van der Waals surface area contributed by atoms with Gasteiger partial charge < -0.3 is 16.0 Å². The molecule has 3 N–H and O–H groups in total. The molecule has 0 radical (unpaired) electrons. The quantitative estimate of drug-likeness (QED) is 0.896. The van der Waals surface area contributed by atoms with Crippen LogP contribution in [0, 0.1) is 0 Å². The Labute approximate surface area is 111 Å². The van der Waals surface area contributed by atoms with Crippen molar-refractivity contribution in [2.45, 2.75) is 24.8 Å². The van der Waals surface area contributed by atoms with Gasteiger partial charge in [0.25, 0.3) is 0 Å². The Morgan fingerprint density at radius 2 is 2.24 bits per heavy atom. The van der Waals surface area contributed by atoms with Crippen LogP contribution in [0.2, 0.25) is 0 Å². The van der Waals surface area contributed by atoms with Gasteiger partial charge in [0.05, 0.1) is 16.4 Å². The maximum absolute atomic E-state index is 5.67. The molecule has 94 valence electrons. The third kappa shape index (κ3) is 2.55. The predicted octanol–water partition coefficient (Wildman–Crippen LogP) is 2.32. The van der Waals surface area contributed by atoms with Crippen LogP contribution in [0.3, 0.4) is 0 Å². The van der Waals surface area contributed by atoms with Gasteiger partial charge in [-0.25, -0.2) is 4.98 Å². The van der Waals surface area contributed by atoms with E-state index >= 15 is 0 Å². The van der Waals surface area contributed by atoms with E-state index in [1.807, 2.05) is 6.07 Å². The third-order valence-electron chi connectivity index (χ3n) is 3.68. The molecule has 1 saturated carbocycles. The molecule has 2 rings (SSSR count). The number of pyridine rings is 1. The van der Waals surface area contributed by atoms with Crippen LogP contribution >= 0.6 is 15.9 Å².